The summed E-state index contributed by atoms with van der Waals surface area (Å²) in [6.07, 6.45) is 4.19. The van der Waals surface area contributed by atoms with Gasteiger partial charge in [0.05, 0.1) is 44.7 Å². The molecule has 3 unspecified atom stereocenters. The minimum absolute atomic E-state index is 0.0852. The van der Waals surface area contributed by atoms with Crippen molar-refractivity contribution in [3.63, 3.8) is 0 Å². The van der Waals surface area contributed by atoms with Crippen molar-refractivity contribution in [2.75, 3.05) is 58.5 Å². The molecule has 0 bridgehead atoms. The number of hydrogen-bond donors (Lipinski definition) is 0. The molecule has 3 atom stereocenters. The monoisotopic (exact) mass is 492 g/mol. The van der Waals surface area contributed by atoms with Crippen LogP contribution in [0.15, 0.2) is 54.8 Å². The summed E-state index contributed by atoms with van der Waals surface area (Å²) in [5.41, 5.74) is 2.78. The minimum atomic E-state index is -0.0914. The molecule has 3 aliphatic rings. The molecule has 0 spiro atoms. The van der Waals surface area contributed by atoms with E-state index in [1.807, 2.05) is 36.4 Å². The first kappa shape index (κ1) is 24.7. The van der Waals surface area contributed by atoms with Crippen molar-refractivity contribution in [2.24, 2.45) is 5.92 Å². The lowest BCUT2D eigenvalue weighted by Crippen LogP contribution is -2.47. The highest BCUT2D eigenvalue weighted by molar-refractivity contribution is 6.22. The van der Waals surface area contributed by atoms with Crippen LogP contribution in [0.3, 0.4) is 0 Å². The van der Waals surface area contributed by atoms with Crippen LogP contribution in [-0.4, -0.2) is 76.4 Å². The van der Waals surface area contributed by atoms with Crippen molar-refractivity contribution in [1.82, 2.24) is 4.90 Å². The lowest BCUT2D eigenvalue weighted by molar-refractivity contribution is -0.128. The smallest absolute Gasteiger partial charge is 0.173 e. The summed E-state index contributed by atoms with van der Waals surface area (Å²) < 4.78 is 22.8. The van der Waals surface area contributed by atoms with Gasteiger partial charge in [-0.3, -0.25) is 9.69 Å². The molecule has 0 amide bonds. The van der Waals surface area contributed by atoms with Crippen LogP contribution < -0.4 is 14.4 Å². The van der Waals surface area contributed by atoms with Crippen LogP contribution in [0.4, 0.5) is 5.69 Å². The Morgan fingerprint density at radius 1 is 0.889 bits per heavy atom. The van der Waals surface area contributed by atoms with Gasteiger partial charge < -0.3 is 23.8 Å². The van der Waals surface area contributed by atoms with Gasteiger partial charge in [0.25, 0.3) is 0 Å². The number of nitrogens with zero attached hydrogens (tertiary/aromatic N) is 2. The summed E-state index contributed by atoms with van der Waals surface area (Å²) >= 11 is 0. The third-order valence-corrected chi connectivity index (χ3v) is 7.68. The normalized spacial score (nSPS) is 24.5. The molecular formula is C29H36N2O5. The lowest BCUT2D eigenvalue weighted by atomic mass is 9.78. The first-order valence-electron chi connectivity index (χ1n) is 12.9. The molecule has 7 nitrogen and oxygen atoms in total. The predicted molar refractivity (Wildman–Crippen MR) is 140 cm³/mol. The number of rotatable bonds is 8. The molecule has 192 valence electrons. The molecule has 0 N–H and O–H groups in total. The second-order valence-electron chi connectivity index (χ2n) is 9.74. The van der Waals surface area contributed by atoms with E-state index in [0.29, 0.717) is 12.2 Å². The van der Waals surface area contributed by atoms with Crippen molar-refractivity contribution in [2.45, 2.75) is 31.5 Å². The van der Waals surface area contributed by atoms with E-state index in [9.17, 15) is 4.79 Å². The first-order valence-corrected chi connectivity index (χ1v) is 12.9. The maximum atomic E-state index is 13.2. The summed E-state index contributed by atoms with van der Waals surface area (Å²) in [5.74, 6) is 1.76. The number of fused-ring (bicyclic) bond motifs is 1. The molecule has 1 saturated carbocycles. The Bertz CT molecular complexity index is 1040. The van der Waals surface area contributed by atoms with E-state index < -0.39 is 0 Å². The van der Waals surface area contributed by atoms with E-state index in [2.05, 4.69) is 21.9 Å². The first-order chi connectivity index (χ1) is 17.6. The highest BCUT2D eigenvalue weighted by Gasteiger charge is 2.40. The number of ether oxygens (including phenoxy) is 4. The number of carbonyl (C=O) groups is 1. The highest BCUT2D eigenvalue weighted by Crippen LogP contribution is 2.37. The third kappa shape index (κ3) is 5.52. The van der Waals surface area contributed by atoms with Gasteiger partial charge in [0.1, 0.15) is 17.6 Å². The Morgan fingerprint density at radius 2 is 1.56 bits per heavy atom. The van der Waals surface area contributed by atoms with Crippen molar-refractivity contribution < 1.29 is 23.7 Å². The Labute approximate surface area is 213 Å². The van der Waals surface area contributed by atoms with Gasteiger partial charge in [-0.15, -0.1) is 0 Å². The number of Topliss-reactive ketones (excluding diaryl/α,β-unsaturated/α-hetero) is 1. The summed E-state index contributed by atoms with van der Waals surface area (Å²) in [6, 6.07) is 15.9. The molecule has 5 rings (SSSR count). The van der Waals surface area contributed by atoms with Gasteiger partial charge in [0.15, 0.2) is 5.78 Å². The molecule has 1 saturated heterocycles. The second-order valence-corrected chi connectivity index (χ2v) is 9.74. The van der Waals surface area contributed by atoms with Gasteiger partial charge in [-0.2, -0.15) is 0 Å². The van der Waals surface area contributed by atoms with Crippen molar-refractivity contribution >= 4 is 17.0 Å². The lowest BCUT2D eigenvalue weighted by Gasteiger charge is -2.38. The summed E-state index contributed by atoms with van der Waals surface area (Å²) in [7, 11) is 3.33. The average molecular weight is 493 g/mol. The van der Waals surface area contributed by atoms with Gasteiger partial charge in [-0.25, -0.2) is 0 Å². The molecule has 2 aromatic rings. The topological polar surface area (TPSA) is 60.5 Å². The van der Waals surface area contributed by atoms with Crippen LogP contribution in [0.1, 0.15) is 24.8 Å². The Balaban J connectivity index is 1.05. The number of hydrogen-bond acceptors (Lipinski definition) is 7. The highest BCUT2D eigenvalue weighted by atomic mass is 16.5. The Hall–Kier alpha value is -3.03. The molecule has 2 fully saturated rings. The number of ketones is 1. The van der Waals surface area contributed by atoms with Crippen molar-refractivity contribution in [3.05, 3.63) is 60.4 Å². The summed E-state index contributed by atoms with van der Waals surface area (Å²) in [6.45, 7) is 5.73. The molecule has 0 aromatic heterocycles. The third-order valence-electron chi connectivity index (χ3n) is 7.68. The SMILES string of the molecule is COc1ccc(C2=COC3CC(OCCN4CCN(c5ccc(OC)cc5)CC4)CCC3C2=O)cc1. The van der Waals surface area contributed by atoms with Gasteiger partial charge in [-0.1, -0.05) is 12.1 Å². The fourth-order valence-corrected chi connectivity index (χ4v) is 5.46. The van der Waals surface area contributed by atoms with Crippen LogP contribution in [0, 0.1) is 5.92 Å². The van der Waals surface area contributed by atoms with E-state index in [4.69, 9.17) is 18.9 Å². The van der Waals surface area contributed by atoms with Gasteiger partial charge in [0.2, 0.25) is 0 Å². The molecule has 2 aliphatic heterocycles. The molecule has 0 radical (unpaired) electrons. The molecule has 2 aromatic carbocycles. The maximum Gasteiger partial charge on any atom is 0.173 e. The van der Waals surface area contributed by atoms with Crippen molar-refractivity contribution in [3.8, 4) is 11.5 Å². The van der Waals surface area contributed by atoms with Crippen LogP contribution >= 0.6 is 0 Å². The van der Waals surface area contributed by atoms with E-state index >= 15 is 0 Å². The average Bonchev–Trinajstić information content (AvgIpc) is 2.94. The number of benzene rings is 2. The number of methoxy groups -OCH3 is 2. The zero-order chi connectivity index (χ0) is 24.9. The van der Waals surface area contributed by atoms with E-state index in [1.54, 1.807) is 20.5 Å². The fourth-order valence-electron chi connectivity index (χ4n) is 5.46. The van der Waals surface area contributed by atoms with Gasteiger partial charge in [0, 0.05) is 44.8 Å². The van der Waals surface area contributed by atoms with Crippen LogP contribution in [0.25, 0.3) is 5.57 Å². The zero-order valence-corrected chi connectivity index (χ0v) is 21.2. The van der Waals surface area contributed by atoms with Crippen LogP contribution in [0.5, 0.6) is 11.5 Å². The Kier molecular flexibility index (Phi) is 7.78. The fraction of sp³-hybridized carbons (Fsp3) is 0.483. The van der Waals surface area contributed by atoms with Crippen molar-refractivity contribution in [1.29, 1.82) is 0 Å². The standard InChI is InChI=1S/C29H36N2O5/c1-33-23-7-3-21(4-8-23)27-20-36-28-19-25(11-12-26(28)29(27)32)35-18-17-30-13-15-31(16-14-30)22-5-9-24(34-2)10-6-22/h3-10,20,25-26,28H,11-19H2,1-2H3. The molecule has 36 heavy (non-hydrogen) atoms. The summed E-state index contributed by atoms with van der Waals surface area (Å²) in [5, 5.41) is 0. The van der Waals surface area contributed by atoms with E-state index in [-0.39, 0.29) is 23.9 Å². The molecule has 1 aliphatic carbocycles. The molecule has 7 heteroatoms. The predicted octanol–water partition coefficient (Wildman–Crippen LogP) is 4.02. The maximum absolute atomic E-state index is 13.2. The Morgan fingerprint density at radius 3 is 2.22 bits per heavy atom. The van der Waals surface area contributed by atoms with E-state index in [0.717, 1.165) is 69.0 Å². The van der Waals surface area contributed by atoms with Gasteiger partial charge >= 0.3 is 0 Å². The number of allylic oxidation sites excluding steroid dienone is 1. The van der Waals surface area contributed by atoms with Crippen LogP contribution in [0.2, 0.25) is 0 Å². The molecular weight excluding hydrogens is 456 g/mol. The largest absolute Gasteiger partial charge is 0.497 e. The number of anilines is 1. The number of piperazine rings is 1. The number of carbonyl (C=O) groups excluding carboxylic acids is 1. The summed E-state index contributed by atoms with van der Waals surface area (Å²) in [4.78, 5) is 18.1. The molecule has 2 heterocycles. The zero-order valence-electron chi connectivity index (χ0n) is 21.2. The van der Waals surface area contributed by atoms with Crippen LogP contribution in [-0.2, 0) is 14.3 Å². The van der Waals surface area contributed by atoms with E-state index in [1.165, 1.54) is 5.69 Å². The second kappa shape index (κ2) is 11.4. The minimum Gasteiger partial charge on any atom is -0.497 e. The quantitative estimate of drug-likeness (QED) is 0.552. The van der Waals surface area contributed by atoms with Gasteiger partial charge in [-0.05, 0) is 54.8 Å².